The summed E-state index contributed by atoms with van der Waals surface area (Å²) in [6.07, 6.45) is -4.70. The van der Waals surface area contributed by atoms with Gasteiger partial charge in [0.1, 0.15) is 0 Å². The van der Waals surface area contributed by atoms with Gasteiger partial charge in [0.05, 0.1) is 5.92 Å². The molecule has 1 aliphatic rings. The van der Waals surface area contributed by atoms with Crippen LogP contribution in [-0.2, 0) is 9.59 Å². The van der Waals surface area contributed by atoms with Crippen LogP contribution in [0.15, 0.2) is 0 Å². The maximum atomic E-state index is 12.0. The molecule has 86 valence electrons. The van der Waals surface area contributed by atoms with E-state index < -0.39 is 24.0 Å². The van der Waals surface area contributed by atoms with Crippen LogP contribution in [0.25, 0.3) is 0 Å². The summed E-state index contributed by atoms with van der Waals surface area (Å²) in [7, 11) is 0. The Bertz CT molecular complexity index is 269. The molecule has 1 aliphatic heterocycles. The molecular formula is C8H10F3NO3. The van der Waals surface area contributed by atoms with Crippen molar-refractivity contribution in [2.75, 3.05) is 13.1 Å². The van der Waals surface area contributed by atoms with Crippen molar-refractivity contribution in [2.45, 2.75) is 19.0 Å². The van der Waals surface area contributed by atoms with Crippen LogP contribution < -0.4 is 0 Å². The maximum absolute atomic E-state index is 12.0. The quantitative estimate of drug-likeness (QED) is 0.720. The van der Waals surface area contributed by atoms with Crippen LogP contribution in [0.2, 0.25) is 0 Å². The molecule has 1 heterocycles. The molecule has 0 radical (unpaired) electrons. The number of carbonyl (C=O) groups excluding carboxylic acids is 1. The highest BCUT2D eigenvalue weighted by molar-refractivity contribution is 5.82. The first-order valence-electron chi connectivity index (χ1n) is 4.41. The van der Waals surface area contributed by atoms with Gasteiger partial charge in [0.15, 0.2) is 0 Å². The van der Waals surface area contributed by atoms with Gasteiger partial charge in [0.2, 0.25) is 0 Å². The Morgan fingerprint density at radius 3 is 2.00 bits per heavy atom. The molecular weight excluding hydrogens is 215 g/mol. The molecule has 1 fully saturated rings. The van der Waals surface area contributed by atoms with E-state index in [-0.39, 0.29) is 25.9 Å². The van der Waals surface area contributed by atoms with E-state index in [1.54, 1.807) is 0 Å². The number of nitrogens with zero attached hydrogens (tertiary/aromatic N) is 1. The average molecular weight is 225 g/mol. The topological polar surface area (TPSA) is 57.6 Å². The Kier molecular flexibility index (Phi) is 3.21. The summed E-state index contributed by atoms with van der Waals surface area (Å²) in [5, 5.41) is 8.60. The minimum Gasteiger partial charge on any atom is -0.481 e. The van der Waals surface area contributed by atoms with Gasteiger partial charge in [-0.05, 0) is 12.8 Å². The van der Waals surface area contributed by atoms with Crippen molar-refractivity contribution >= 4 is 11.9 Å². The summed E-state index contributed by atoms with van der Waals surface area (Å²) in [6, 6.07) is 0. The van der Waals surface area contributed by atoms with Crippen LogP contribution in [-0.4, -0.2) is 41.1 Å². The first-order valence-corrected chi connectivity index (χ1v) is 4.41. The fourth-order valence-corrected chi connectivity index (χ4v) is 1.51. The lowest BCUT2D eigenvalue weighted by atomic mass is 9.97. The number of piperidine rings is 1. The van der Waals surface area contributed by atoms with E-state index in [1.165, 1.54) is 0 Å². The summed E-state index contributed by atoms with van der Waals surface area (Å²) in [4.78, 5) is 21.9. The van der Waals surface area contributed by atoms with Crippen molar-refractivity contribution in [1.82, 2.24) is 4.90 Å². The number of rotatable bonds is 1. The van der Waals surface area contributed by atoms with Crippen LogP contribution in [0.1, 0.15) is 12.8 Å². The van der Waals surface area contributed by atoms with Gasteiger partial charge >= 0.3 is 18.1 Å². The number of carbonyl (C=O) groups is 2. The van der Waals surface area contributed by atoms with Crippen LogP contribution in [0.4, 0.5) is 13.2 Å². The Hall–Kier alpha value is -1.27. The van der Waals surface area contributed by atoms with Crippen molar-refractivity contribution in [3.05, 3.63) is 0 Å². The number of aliphatic carboxylic acids is 1. The van der Waals surface area contributed by atoms with Crippen molar-refractivity contribution in [1.29, 1.82) is 0 Å². The fraction of sp³-hybridized carbons (Fsp3) is 0.750. The number of likely N-dealkylation sites (tertiary alicyclic amines) is 1. The maximum Gasteiger partial charge on any atom is 0.471 e. The first kappa shape index (κ1) is 11.8. The average Bonchev–Trinajstić information content (AvgIpc) is 2.15. The lowest BCUT2D eigenvalue weighted by Crippen LogP contribution is -2.46. The molecule has 4 nitrogen and oxygen atoms in total. The van der Waals surface area contributed by atoms with Gasteiger partial charge in [-0.25, -0.2) is 0 Å². The molecule has 1 N–H and O–H groups in total. The second-order valence-corrected chi connectivity index (χ2v) is 3.40. The third kappa shape index (κ3) is 2.84. The second kappa shape index (κ2) is 4.08. The normalized spacial score (nSPS) is 19.0. The van der Waals surface area contributed by atoms with Gasteiger partial charge in [-0.2, -0.15) is 13.2 Å². The Morgan fingerprint density at radius 2 is 1.67 bits per heavy atom. The minimum absolute atomic E-state index is 0.0805. The van der Waals surface area contributed by atoms with Gasteiger partial charge in [-0.15, -0.1) is 0 Å². The van der Waals surface area contributed by atoms with E-state index in [2.05, 4.69) is 0 Å². The lowest BCUT2D eigenvalue weighted by Gasteiger charge is -2.30. The van der Waals surface area contributed by atoms with Crippen molar-refractivity contribution < 1.29 is 27.9 Å². The van der Waals surface area contributed by atoms with Crippen molar-refractivity contribution in [2.24, 2.45) is 5.92 Å². The molecule has 15 heavy (non-hydrogen) atoms. The van der Waals surface area contributed by atoms with E-state index >= 15 is 0 Å². The number of hydrogen-bond donors (Lipinski definition) is 1. The summed E-state index contributed by atoms with van der Waals surface area (Å²) in [5.74, 6) is -3.54. The zero-order valence-electron chi connectivity index (χ0n) is 7.75. The van der Waals surface area contributed by atoms with Crippen molar-refractivity contribution in [3.63, 3.8) is 0 Å². The van der Waals surface area contributed by atoms with Gasteiger partial charge in [-0.3, -0.25) is 9.59 Å². The van der Waals surface area contributed by atoms with Crippen LogP contribution in [0, 0.1) is 5.92 Å². The van der Waals surface area contributed by atoms with Crippen LogP contribution >= 0.6 is 0 Å². The monoisotopic (exact) mass is 225 g/mol. The molecule has 1 saturated heterocycles. The van der Waals surface area contributed by atoms with Gasteiger partial charge < -0.3 is 10.0 Å². The van der Waals surface area contributed by atoms with Gasteiger partial charge in [-0.1, -0.05) is 0 Å². The number of alkyl halides is 3. The smallest absolute Gasteiger partial charge is 0.471 e. The predicted octanol–water partition coefficient (Wildman–Crippen LogP) is 0.872. The molecule has 0 aromatic carbocycles. The summed E-state index contributed by atoms with van der Waals surface area (Å²) in [5.41, 5.74) is 0. The van der Waals surface area contributed by atoms with Gasteiger partial charge in [0.25, 0.3) is 0 Å². The highest BCUT2D eigenvalue weighted by atomic mass is 19.4. The Balaban J connectivity index is 2.51. The van der Waals surface area contributed by atoms with Gasteiger partial charge in [0, 0.05) is 13.1 Å². The summed E-state index contributed by atoms with van der Waals surface area (Å²) in [6.45, 7) is -0.287. The standard InChI is InChI=1S/C8H10F3NO3/c9-8(10,11)7(15)12-3-1-5(2-4-12)6(13)14/h5H,1-4H2,(H,13,14). The van der Waals surface area contributed by atoms with Crippen LogP contribution in [0.3, 0.4) is 0 Å². The molecule has 1 amide bonds. The number of amides is 1. The molecule has 0 aromatic rings. The molecule has 0 saturated carbocycles. The lowest BCUT2D eigenvalue weighted by molar-refractivity contribution is -0.187. The SMILES string of the molecule is O=C(O)C1CCN(C(=O)C(F)(F)F)CC1. The number of carboxylic acids is 1. The molecule has 0 unspecified atom stereocenters. The molecule has 0 spiro atoms. The number of carboxylic acid groups (broad SMARTS) is 1. The summed E-state index contributed by atoms with van der Waals surface area (Å²) < 4.78 is 35.9. The van der Waals surface area contributed by atoms with E-state index in [0.29, 0.717) is 4.90 Å². The molecule has 0 aliphatic carbocycles. The highest BCUT2D eigenvalue weighted by Gasteiger charge is 2.43. The Morgan fingerprint density at radius 1 is 1.20 bits per heavy atom. The molecule has 0 aromatic heterocycles. The number of hydrogen-bond acceptors (Lipinski definition) is 2. The molecule has 0 bridgehead atoms. The predicted molar refractivity (Wildman–Crippen MR) is 43.0 cm³/mol. The minimum atomic E-state index is -4.87. The number of halogens is 3. The van der Waals surface area contributed by atoms with E-state index in [0.717, 1.165) is 0 Å². The van der Waals surface area contributed by atoms with E-state index in [1.807, 2.05) is 0 Å². The molecule has 0 atom stereocenters. The largest absolute Gasteiger partial charge is 0.481 e. The first-order chi connectivity index (χ1) is 6.82. The third-order valence-corrected chi connectivity index (χ3v) is 2.37. The zero-order chi connectivity index (χ0) is 11.6. The second-order valence-electron chi connectivity index (χ2n) is 3.40. The van der Waals surface area contributed by atoms with E-state index in [4.69, 9.17) is 5.11 Å². The fourth-order valence-electron chi connectivity index (χ4n) is 1.51. The summed E-state index contributed by atoms with van der Waals surface area (Å²) >= 11 is 0. The van der Waals surface area contributed by atoms with Crippen molar-refractivity contribution in [3.8, 4) is 0 Å². The highest BCUT2D eigenvalue weighted by Crippen LogP contribution is 2.23. The Labute approximate surface area is 83.7 Å². The van der Waals surface area contributed by atoms with Crippen LogP contribution in [0.5, 0.6) is 0 Å². The molecule has 1 rings (SSSR count). The third-order valence-electron chi connectivity index (χ3n) is 2.37. The molecule has 7 heteroatoms. The van der Waals surface area contributed by atoms with E-state index in [9.17, 15) is 22.8 Å². The zero-order valence-corrected chi connectivity index (χ0v) is 7.75.